The van der Waals surface area contributed by atoms with Crippen LogP contribution in [0.3, 0.4) is 0 Å². The lowest BCUT2D eigenvalue weighted by Crippen LogP contribution is -2.38. The molecule has 9 nitrogen and oxygen atoms in total. The number of allylic oxidation sites excluding steroid dienone is 1. The van der Waals surface area contributed by atoms with Crippen molar-refractivity contribution in [2.75, 3.05) is 48.1 Å². The van der Waals surface area contributed by atoms with Crippen molar-refractivity contribution in [3.8, 4) is 11.5 Å². The highest BCUT2D eigenvalue weighted by atomic mass is 32.2. The molecule has 0 saturated carbocycles. The Kier molecular flexibility index (Phi) is 8.62. The van der Waals surface area contributed by atoms with Crippen LogP contribution in [0.5, 0.6) is 11.5 Å². The van der Waals surface area contributed by atoms with Crippen LogP contribution in [0.25, 0.3) is 0 Å². The number of hydrogen-bond acceptors (Lipinski definition) is 9. The van der Waals surface area contributed by atoms with Gasteiger partial charge in [-0.3, -0.25) is 4.79 Å². The van der Waals surface area contributed by atoms with Crippen molar-refractivity contribution in [2.45, 2.75) is 26.3 Å². The molecule has 1 aromatic carbocycles. The van der Waals surface area contributed by atoms with Gasteiger partial charge in [0.15, 0.2) is 16.7 Å². The number of ether oxygens (including phenoxy) is 4. The second kappa shape index (κ2) is 11.4. The lowest BCUT2D eigenvalue weighted by Gasteiger charge is -2.36. The Morgan fingerprint density at radius 3 is 2.53 bits per heavy atom. The molecular formula is C24H31N3O6S. The minimum absolute atomic E-state index is 0.0165. The van der Waals surface area contributed by atoms with Crippen molar-refractivity contribution < 1.29 is 28.5 Å². The molecule has 1 amide bonds. The number of methoxy groups -OCH3 is 3. The van der Waals surface area contributed by atoms with E-state index < -0.39 is 12.0 Å². The summed E-state index contributed by atoms with van der Waals surface area (Å²) in [5.41, 5.74) is 2.51. The fourth-order valence-corrected chi connectivity index (χ4v) is 4.69. The zero-order valence-electron chi connectivity index (χ0n) is 20.4. The minimum atomic E-state index is -0.552. The SMILES string of the molecule is CCN(C)C(=O)CC1=CSC2=NC(C)=C(C(=O)OCCOC)C(c3ccc(OC)c(OC)c3)N12. The Labute approximate surface area is 204 Å². The lowest BCUT2D eigenvalue weighted by atomic mass is 9.93. The largest absolute Gasteiger partial charge is 0.493 e. The molecule has 1 aromatic rings. The molecule has 2 aliphatic heterocycles. The molecule has 0 radical (unpaired) electrons. The third kappa shape index (κ3) is 5.23. The topological polar surface area (TPSA) is 89.9 Å². The predicted octanol–water partition coefficient (Wildman–Crippen LogP) is 3.34. The molecule has 1 unspecified atom stereocenters. The number of esters is 1. The summed E-state index contributed by atoms with van der Waals surface area (Å²) in [6.45, 7) is 4.74. The van der Waals surface area contributed by atoms with Crippen LogP contribution in [-0.4, -0.2) is 75.0 Å². The number of amides is 1. The molecule has 0 aliphatic carbocycles. The molecule has 184 valence electrons. The Morgan fingerprint density at radius 1 is 1.15 bits per heavy atom. The molecule has 0 bridgehead atoms. The molecule has 0 aromatic heterocycles. The number of amidine groups is 1. The maximum absolute atomic E-state index is 13.2. The molecule has 0 saturated heterocycles. The minimum Gasteiger partial charge on any atom is -0.493 e. The number of hydrogen-bond donors (Lipinski definition) is 0. The summed E-state index contributed by atoms with van der Waals surface area (Å²) in [7, 11) is 6.45. The van der Waals surface area contributed by atoms with E-state index in [9.17, 15) is 9.59 Å². The number of benzene rings is 1. The van der Waals surface area contributed by atoms with Crippen molar-refractivity contribution in [3.05, 3.63) is 46.1 Å². The van der Waals surface area contributed by atoms with E-state index >= 15 is 0 Å². The van der Waals surface area contributed by atoms with E-state index in [1.807, 2.05) is 29.4 Å². The van der Waals surface area contributed by atoms with E-state index in [1.54, 1.807) is 46.3 Å². The second-order valence-electron chi connectivity index (χ2n) is 7.72. The molecule has 0 N–H and O–H groups in total. The van der Waals surface area contributed by atoms with Gasteiger partial charge in [-0.15, -0.1) is 0 Å². The molecule has 2 heterocycles. The molecule has 10 heteroatoms. The summed E-state index contributed by atoms with van der Waals surface area (Å²) >= 11 is 1.43. The van der Waals surface area contributed by atoms with Gasteiger partial charge in [0.2, 0.25) is 5.91 Å². The van der Waals surface area contributed by atoms with Crippen LogP contribution in [-0.2, 0) is 19.1 Å². The van der Waals surface area contributed by atoms with Crippen molar-refractivity contribution in [3.63, 3.8) is 0 Å². The van der Waals surface area contributed by atoms with Crippen LogP contribution < -0.4 is 9.47 Å². The van der Waals surface area contributed by atoms with Crippen LogP contribution in [0.1, 0.15) is 31.9 Å². The monoisotopic (exact) mass is 489 g/mol. The number of rotatable bonds is 10. The zero-order valence-corrected chi connectivity index (χ0v) is 21.2. The second-order valence-corrected chi connectivity index (χ2v) is 8.56. The number of nitrogens with zero attached hydrogens (tertiary/aromatic N) is 3. The fourth-order valence-electron chi connectivity index (χ4n) is 3.73. The van der Waals surface area contributed by atoms with Crippen molar-refractivity contribution >= 4 is 28.8 Å². The summed E-state index contributed by atoms with van der Waals surface area (Å²) in [4.78, 5) is 34.2. The van der Waals surface area contributed by atoms with E-state index in [0.29, 0.717) is 34.5 Å². The Morgan fingerprint density at radius 2 is 1.88 bits per heavy atom. The quantitative estimate of drug-likeness (QED) is 0.365. The van der Waals surface area contributed by atoms with Crippen LogP contribution in [0.2, 0.25) is 0 Å². The van der Waals surface area contributed by atoms with Gasteiger partial charge in [-0.1, -0.05) is 17.8 Å². The van der Waals surface area contributed by atoms with Crippen LogP contribution in [0, 0.1) is 0 Å². The van der Waals surface area contributed by atoms with Gasteiger partial charge in [-0.05, 0) is 37.0 Å². The Balaban J connectivity index is 2.07. The average Bonchev–Trinajstić information content (AvgIpc) is 3.23. The van der Waals surface area contributed by atoms with Crippen molar-refractivity contribution in [2.24, 2.45) is 4.99 Å². The number of aliphatic imine (C=N–C) groups is 1. The van der Waals surface area contributed by atoms with E-state index in [0.717, 1.165) is 11.3 Å². The van der Waals surface area contributed by atoms with Gasteiger partial charge in [-0.25, -0.2) is 9.79 Å². The van der Waals surface area contributed by atoms with Gasteiger partial charge < -0.3 is 28.7 Å². The highest BCUT2D eigenvalue weighted by Crippen LogP contribution is 2.46. The summed E-state index contributed by atoms with van der Waals surface area (Å²) in [6, 6.07) is 4.96. The van der Waals surface area contributed by atoms with Gasteiger partial charge in [0, 0.05) is 26.4 Å². The van der Waals surface area contributed by atoms with Gasteiger partial charge in [0.1, 0.15) is 6.61 Å². The van der Waals surface area contributed by atoms with Gasteiger partial charge >= 0.3 is 5.97 Å². The predicted molar refractivity (Wildman–Crippen MR) is 131 cm³/mol. The van der Waals surface area contributed by atoms with Crippen molar-refractivity contribution in [1.82, 2.24) is 9.80 Å². The smallest absolute Gasteiger partial charge is 0.338 e. The fraction of sp³-hybridized carbons (Fsp3) is 0.458. The number of carbonyl (C=O) groups is 2. The Hall–Kier alpha value is -2.98. The lowest BCUT2D eigenvalue weighted by molar-refractivity contribution is -0.141. The number of fused-ring (bicyclic) bond motifs is 1. The molecule has 34 heavy (non-hydrogen) atoms. The number of thioether (sulfide) groups is 1. The zero-order chi connectivity index (χ0) is 24.8. The molecule has 2 aliphatic rings. The first-order valence-corrected chi connectivity index (χ1v) is 11.8. The standard InChI is InChI=1S/C24H31N3O6S/c1-7-26(3)20(28)13-17-14-34-24-25-15(2)21(23(29)33-11-10-30-4)22(27(17)24)16-8-9-18(31-5)19(12-16)32-6/h8-9,12,14,22H,7,10-11,13H2,1-6H3. The van der Waals surface area contributed by atoms with Crippen molar-refractivity contribution in [1.29, 1.82) is 0 Å². The first-order chi connectivity index (χ1) is 16.4. The maximum atomic E-state index is 13.2. The first-order valence-electron chi connectivity index (χ1n) is 10.9. The molecule has 0 spiro atoms. The van der Waals surface area contributed by atoms with Crippen LogP contribution in [0.4, 0.5) is 0 Å². The van der Waals surface area contributed by atoms with E-state index in [4.69, 9.17) is 18.9 Å². The summed E-state index contributed by atoms with van der Waals surface area (Å²) in [6.07, 6.45) is 0.186. The molecule has 0 fully saturated rings. The van der Waals surface area contributed by atoms with Gasteiger partial charge in [-0.2, -0.15) is 0 Å². The third-order valence-corrected chi connectivity index (χ3v) is 6.59. The van der Waals surface area contributed by atoms with Gasteiger partial charge in [0.25, 0.3) is 0 Å². The van der Waals surface area contributed by atoms with E-state index in [1.165, 1.54) is 11.8 Å². The normalized spacial score (nSPS) is 17.1. The third-order valence-electron chi connectivity index (χ3n) is 5.70. The molecular weight excluding hydrogens is 458 g/mol. The average molecular weight is 490 g/mol. The maximum Gasteiger partial charge on any atom is 0.338 e. The van der Waals surface area contributed by atoms with E-state index in [-0.39, 0.29) is 25.5 Å². The van der Waals surface area contributed by atoms with Crippen LogP contribution >= 0.6 is 11.8 Å². The summed E-state index contributed by atoms with van der Waals surface area (Å²) < 4.78 is 21.4. The summed E-state index contributed by atoms with van der Waals surface area (Å²) in [5, 5.41) is 2.62. The first kappa shape index (κ1) is 25.6. The highest BCUT2D eigenvalue weighted by molar-refractivity contribution is 8.16. The van der Waals surface area contributed by atoms with Gasteiger partial charge in [0.05, 0.1) is 44.6 Å². The Bertz CT molecular complexity index is 1040. The van der Waals surface area contributed by atoms with Crippen LogP contribution in [0.15, 0.2) is 45.6 Å². The summed E-state index contributed by atoms with van der Waals surface area (Å²) in [5.74, 6) is 0.614. The highest BCUT2D eigenvalue weighted by Gasteiger charge is 2.41. The molecule has 1 atom stereocenters. The van der Waals surface area contributed by atoms with E-state index in [2.05, 4.69) is 4.99 Å². The number of carbonyl (C=O) groups excluding carboxylic acids is 2. The molecule has 3 rings (SSSR count).